The van der Waals surface area contributed by atoms with E-state index in [9.17, 15) is 9.59 Å². The molecular weight excluding hydrogens is 300 g/mol. The molecule has 0 spiro atoms. The molecule has 0 bridgehead atoms. The number of amides is 2. The second kappa shape index (κ2) is 7.00. The molecule has 0 aliphatic heterocycles. The number of hydrogen-bond acceptors (Lipinski definition) is 3. The van der Waals surface area contributed by atoms with Gasteiger partial charge in [-0.1, -0.05) is 15.9 Å². The quantitative estimate of drug-likeness (QED) is 0.806. The molecule has 0 aliphatic rings. The van der Waals surface area contributed by atoms with E-state index in [1.807, 2.05) is 0 Å². The third kappa shape index (κ3) is 4.37. The summed E-state index contributed by atoms with van der Waals surface area (Å²) >= 11 is 3.30. The van der Waals surface area contributed by atoms with Gasteiger partial charge in [0.15, 0.2) is 0 Å². The first-order chi connectivity index (χ1) is 8.54. The van der Waals surface area contributed by atoms with Crippen LogP contribution >= 0.6 is 15.9 Å². The fourth-order valence-electron chi connectivity index (χ4n) is 1.37. The Morgan fingerprint density at radius 2 is 1.94 bits per heavy atom. The van der Waals surface area contributed by atoms with Gasteiger partial charge in [-0.15, -0.1) is 0 Å². The molecule has 2 N–H and O–H groups in total. The Labute approximate surface area is 114 Å². The summed E-state index contributed by atoms with van der Waals surface area (Å²) in [5.41, 5.74) is 0.453. The van der Waals surface area contributed by atoms with Crippen molar-refractivity contribution in [3.8, 4) is 5.75 Å². The Morgan fingerprint density at radius 3 is 2.56 bits per heavy atom. The van der Waals surface area contributed by atoms with Crippen LogP contribution in [0.1, 0.15) is 17.3 Å². The SMILES string of the molecule is COc1ccc(Br)cc1C(=O)NCCNC(C)=O. The van der Waals surface area contributed by atoms with Crippen LogP contribution in [0.5, 0.6) is 5.75 Å². The van der Waals surface area contributed by atoms with Gasteiger partial charge in [0.25, 0.3) is 5.91 Å². The van der Waals surface area contributed by atoms with Gasteiger partial charge in [0.1, 0.15) is 5.75 Å². The summed E-state index contributed by atoms with van der Waals surface area (Å²) in [5, 5.41) is 5.30. The van der Waals surface area contributed by atoms with Crippen molar-refractivity contribution >= 4 is 27.7 Å². The van der Waals surface area contributed by atoms with E-state index in [1.165, 1.54) is 14.0 Å². The van der Waals surface area contributed by atoms with E-state index in [-0.39, 0.29) is 11.8 Å². The standard InChI is InChI=1S/C12H15BrN2O3/c1-8(16)14-5-6-15-12(17)10-7-9(13)3-4-11(10)18-2/h3-4,7H,5-6H2,1-2H3,(H,14,16)(H,15,17). The average molecular weight is 315 g/mol. The van der Waals surface area contributed by atoms with Crippen molar-refractivity contribution in [3.63, 3.8) is 0 Å². The van der Waals surface area contributed by atoms with Gasteiger partial charge in [0.05, 0.1) is 12.7 Å². The first-order valence-corrected chi connectivity index (χ1v) is 6.20. The fraction of sp³-hybridized carbons (Fsp3) is 0.333. The summed E-state index contributed by atoms with van der Waals surface area (Å²) in [6, 6.07) is 5.20. The normalized spacial score (nSPS) is 9.72. The largest absolute Gasteiger partial charge is 0.496 e. The molecule has 0 fully saturated rings. The van der Waals surface area contributed by atoms with Crippen LogP contribution in [0.2, 0.25) is 0 Å². The number of halogens is 1. The maximum Gasteiger partial charge on any atom is 0.255 e. The Balaban J connectivity index is 2.60. The van der Waals surface area contributed by atoms with Crippen molar-refractivity contribution < 1.29 is 14.3 Å². The lowest BCUT2D eigenvalue weighted by molar-refractivity contribution is -0.118. The van der Waals surface area contributed by atoms with Crippen LogP contribution < -0.4 is 15.4 Å². The molecule has 5 nitrogen and oxygen atoms in total. The third-order valence-electron chi connectivity index (χ3n) is 2.19. The van der Waals surface area contributed by atoms with Crippen molar-refractivity contribution in [2.24, 2.45) is 0 Å². The van der Waals surface area contributed by atoms with Gasteiger partial charge in [-0.3, -0.25) is 9.59 Å². The predicted octanol–water partition coefficient (Wildman–Crippen LogP) is 1.32. The average Bonchev–Trinajstić information content (AvgIpc) is 2.34. The Hall–Kier alpha value is -1.56. The molecule has 6 heteroatoms. The lowest BCUT2D eigenvalue weighted by Crippen LogP contribution is -2.33. The van der Waals surface area contributed by atoms with E-state index in [1.54, 1.807) is 18.2 Å². The minimum absolute atomic E-state index is 0.121. The summed E-state index contributed by atoms with van der Waals surface area (Å²) in [4.78, 5) is 22.6. The second-order valence-corrected chi connectivity index (χ2v) is 4.50. The first-order valence-electron chi connectivity index (χ1n) is 5.40. The molecule has 0 heterocycles. The molecule has 1 aromatic carbocycles. The van der Waals surface area contributed by atoms with E-state index in [0.717, 1.165) is 4.47 Å². The lowest BCUT2D eigenvalue weighted by atomic mass is 10.2. The van der Waals surface area contributed by atoms with Crippen molar-refractivity contribution in [3.05, 3.63) is 28.2 Å². The van der Waals surface area contributed by atoms with Crippen LogP contribution in [0.3, 0.4) is 0 Å². The number of nitrogens with one attached hydrogen (secondary N) is 2. The van der Waals surface area contributed by atoms with E-state index >= 15 is 0 Å². The minimum Gasteiger partial charge on any atom is -0.496 e. The Kier molecular flexibility index (Phi) is 5.64. The predicted molar refractivity (Wildman–Crippen MR) is 71.7 cm³/mol. The maximum atomic E-state index is 11.9. The van der Waals surface area contributed by atoms with Gasteiger partial charge >= 0.3 is 0 Å². The fourth-order valence-corrected chi connectivity index (χ4v) is 1.73. The van der Waals surface area contributed by atoms with Crippen molar-refractivity contribution in [1.82, 2.24) is 10.6 Å². The Morgan fingerprint density at radius 1 is 1.28 bits per heavy atom. The zero-order valence-corrected chi connectivity index (χ0v) is 11.8. The van der Waals surface area contributed by atoms with E-state index < -0.39 is 0 Å². The molecule has 0 radical (unpaired) electrons. The topological polar surface area (TPSA) is 67.4 Å². The molecule has 0 aromatic heterocycles. The van der Waals surface area contributed by atoms with Gasteiger partial charge in [0.2, 0.25) is 5.91 Å². The first kappa shape index (κ1) is 14.5. The molecule has 0 unspecified atom stereocenters. The summed E-state index contributed by atoms with van der Waals surface area (Å²) in [7, 11) is 1.51. The number of carbonyl (C=O) groups excluding carboxylic acids is 2. The summed E-state index contributed by atoms with van der Waals surface area (Å²) in [5.74, 6) is 0.151. The maximum absolute atomic E-state index is 11.9. The molecule has 1 rings (SSSR count). The highest BCUT2D eigenvalue weighted by atomic mass is 79.9. The molecule has 1 aromatic rings. The second-order valence-electron chi connectivity index (χ2n) is 3.58. The van der Waals surface area contributed by atoms with Gasteiger partial charge in [-0.25, -0.2) is 0 Å². The van der Waals surface area contributed by atoms with Gasteiger partial charge < -0.3 is 15.4 Å². The van der Waals surface area contributed by atoms with Crippen molar-refractivity contribution in [1.29, 1.82) is 0 Å². The third-order valence-corrected chi connectivity index (χ3v) is 2.68. The van der Waals surface area contributed by atoms with Crippen LogP contribution in [0.4, 0.5) is 0 Å². The zero-order valence-electron chi connectivity index (χ0n) is 10.2. The summed E-state index contributed by atoms with van der Waals surface area (Å²) in [6.45, 7) is 2.20. The number of benzene rings is 1. The molecular formula is C12H15BrN2O3. The van der Waals surface area contributed by atoms with Crippen molar-refractivity contribution in [2.45, 2.75) is 6.92 Å². The lowest BCUT2D eigenvalue weighted by Gasteiger charge is -2.09. The number of carbonyl (C=O) groups is 2. The number of methoxy groups -OCH3 is 1. The summed E-state index contributed by atoms with van der Waals surface area (Å²) in [6.07, 6.45) is 0. The monoisotopic (exact) mass is 314 g/mol. The number of ether oxygens (including phenoxy) is 1. The zero-order chi connectivity index (χ0) is 13.5. The Bertz CT molecular complexity index is 449. The highest BCUT2D eigenvalue weighted by Crippen LogP contribution is 2.22. The molecule has 0 aliphatic carbocycles. The minimum atomic E-state index is -0.237. The van der Waals surface area contributed by atoms with E-state index in [2.05, 4.69) is 26.6 Å². The number of rotatable bonds is 5. The molecule has 0 atom stereocenters. The van der Waals surface area contributed by atoms with Gasteiger partial charge in [-0.2, -0.15) is 0 Å². The van der Waals surface area contributed by atoms with Gasteiger partial charge in [0, 0.05) is 24.5 Å². The van der Waals surface area contributed by atoms with Gasteiger partial charge in [-0.05, 0) is 18.2 Å². The van der Waals surface area contributed by atoms with E-state index in [0.29, 0.717) is 24.4 Å². The molecule has 0 saturated heterocycles. The van der Waals surface area contributed by atoms with Crippen LogP contribution in [-0.4, -0.2) is 32.0 Å². The van der Waals surface area contributed by atoms with Crippen LogP contribution in [-0.2, 0) is 4.79 Å². The highest BCUT2D eigenvalue weighted by Gasteiger charge is 2.11. The number of hydrogen-bond donors (Lipinski definition) is 2. The smallest absolute Gasteiger partial charge is 0.255 e. The van der Waals surface area contributed by atoms with Crippen LogP contribution in [0, 0.1) is 0 Å². The van der Waals surface area contributed by atoms with Crippen LogP contribution in [0.25, 0.3) is 0 Å². The summed E-state index contributed by atoms with van der Waals surface area (Å²) < 4.78 is 5.92. The molecule has 2 amide bonds. The van der Waals surface area contributed by atoms with Crippen molar-refractivity contribution in [2.75, 3.05) is 20.2 Å². The van der Waals surface area contributed by atoms with E-state index in [4.69, 9.17) is 4.74 Å². The highest BCUT2D eigenvalue weighted by molar-refractivity contribution is 9.10. The molecule has 18 heavy (non-hydrogen) atoms. The van der Waals surface area contributed by atoms with Crippen LogP contribution in [0.15, 0.2) is 22.7 Å². The molecule has 98 valence electrons. The molecule has 0 saturated carbocycles.